The Morgan fingerprint density at radius 2 is 2.06 bits per heavy atom. The molecular weight excluding hydrogens is 658 g/mol. The fourth-order valence-corrected chi connectivity index (χ4v) is 5.10. The van der Waals surface area contributed by atoms with E-state index in [2.05, 4.69) is 31.2 Å². The average Bonchev–Trinajstić information content (AvgIpc) is 3.09. The van der Waals surface area contributed by atoms with Gasteiger partial charge in [0.15, 0.2) is 5.82 Å². The van der Waals surface area contributed by atoms with Crippen molar-refractivity contribution in [1.82, 2.24) is 19.9 Å². The second kappa shape index (κ2) is 9.42. The van der Waals surface area contributed by atoms with Crippen molar-refractivity contribution < 1.29 is 45.8 Å². The van der Waals surface area contributed by atoms with E-state index in [-0.39, 0.29) is 43.1 Å². The minimum Gasteiger partial charge on any atom is -0.491 e. The molecule has 3 aliphatic heterocycles. The zero-order chi connectivity index (χ0) is 22.4. The fraction of sp³-hybridized carbons (Fsp3) is 0.417. The van der Waals surface area contributed by atoms with Gasteiger partial charge < -0.3 is 20.1 Å². The van der Waals surface area contributed by atoms with Gasteiger partial charge in [-0.2, -0.15) is 18.2 Å². The smallest absolute Gasteiger partial charge is 0.221 e. The van der Waals surface area contributed by atoms with Gasteiger partial charge in [0, 0.05) is 62.2 Å². The van der Waals surface area contributed by atoms with Crippen molar-refractivity contribution >= 4 is 28.4 Å². The predicted molar refractivity (Wildman–Crippen MR) is 122 cm³/mol. The number of piperidine rings is 1. The van der Waals surface area contributed by atoms with Crippen molar-refractivity contribution in [1.29, 1.82) is 0 Å². The molecule has 0 bridgehead atoms. The van der Waals surface area contributed by atoms with E-state index in [4.69, 9.17) is 4.74 Å². The number of pyridine rings is 1. The van der Waals surface area contributed by atoms with Gasteiger partial charge in [-0.3, -0.25) is 9.69 Å². The normalized spacial score (nSPS) is 19.4. The van der Waals surface area contributed by atoms with Crippen LogP contribution in [0.15, 0.2) is 36.8 Å². The van der Waals surface area contributed by atoms with Gasteiger partial charge in [-0.25, -0.2) is 15.0 Å². The van der Waals surface area contributed by atoms with Crippen molar-refractivity contribution in [2.75, 3.05) is 49.5 Å². The van der Waals surface area contributed by atoms with E-state index in [0.29, 0.717) is 31.0 Å². The summed E-state index contributed by atoms with van der Waals surface area (Å²) in [7, 11) is 0. The summed E-state index contributed by atoms with van der Waals surface area (Å²) in [5.41, 5.74) is 3.03. The molecule has 34 heavy (non-hydrogen) atoms. The summed E-state index contributed by atoms with van der Waals surface area (Å²) in [4.78, 5) is 30.2. The molecule has 2 aromatic heterocycles. The number of likely N-dealkylation sites (tertiary alicyclic amines) is 1. The number of nitrogens with one attached hydrogen (secondary N) is 1. The van der Waals surface area contributed by atoms with Gasteiger partial charge in [0.2, 0.25) is 5.91 Å². The molecule has 0 saturated carbocycles. The number of anilines is 2. The maximum Gasteiger partial charge on any atom is 0.221 e. The number of carbonyl (C=O) groups excluding carboxylic acids is 1. The largest absolute Gasteiger partial charge is 0.491 e. The topological polar surface area (TPSA) is 104 Å². The van der Waals surface area contributed by atoms with Crippen LogP contribution >= 0.6 is 0 Å². The Labute approximate surface area is 221 Å². The molecule has 2 saturated heterocycles. The summed E-state index contributed by atoms with van der Waals surface area (Å²) in [5, 5.41) is 12.6. The van der Waals surface area contributed by atoms with E-state index in [1.165, 1.54) is 6.33 Å². The standard InChI is InChI=1S/C24H25N6O3.U/c31-16-13-30(14-16)22-21-20(26-15-27-22)11-17(12-25-21)33-10-9-29-7-5-24(6-8-29)18-3-1-2-4-19(18)28-23(24)32;/h2-4,11-12,15-16,31H,5-10,13-14H2,(H,28,32);/q-1;. The zero-order valence-corrected chi connectivity index (χ0v) is 22.9. The fourth-order valence-electron chi connectivity index (χ4n) is 5.10. The van der Waals surface area contributed by atoms with E-state index in [1.807, 2.05) is 29.2 Å². The number of benzene rings is 1. The number of amides is 1. The average molecular weight is 684 g/mol. The Hall–Kier alpha value is -2.25. The number of nitrogens with zero attached hydrogens (tertiary/aromatic N) is 5. The number of ether oxygens (including phenoxy) is 1. The van der Waals surface area contributed by atoms with Gasteiger partial charge in [-0.1, -0.05) is 5.69 Å². The van der Waals surface area contributed by atoms with E-state index in [9.17, 15) is 9.90 Å². The van der Waals surface area contributed by atoms with Crippen molar-refractivity contribution in [3.05, 3.63) is 48.4 Å². The molecule has 0 aliphatic carbocycles. The number of hydrogen-bond donors (Lipinski definition) is 2. The molecule has 10 heteroatoms. The third-order valence-corrected chi connectivity index (χ3v) is 7.04. The van der Waals surface area contributed by atoms with Crippen LogP contribution in [0.25, 0.3) is 11.0 Å². The summed E-state index contributed by atoms with van der Waals surface area (Å²) in [6, 6.07) is 10.7. The number of rotatable bonds is 5. The third-order valence-electron chi connectivity index (χ3n) is 7.04. The molecule has 2 N–H and O–H groups in total. The first-order valence-corrected chi connectivity index (χ1v) is 11.3. The van der Waals surface area contributed by atoms with Gasteiger partial charge in [0.1, 0.15) is 24.2 Å². The Kier molecular flexibility index (Phi) is 6.51. The van der Waals surface area contributed by atoms with E-state index >= 15 is 0 Å². The number of aliphatic hydroxyl groups excluding tert-OH is 1. The zero-order valence-electron chi connectivity index (χ0n) is 18.7. The first-order chi connectivity index (χ1) is 16.1. The summed E-state index contributed by atoms with van der Waals surface area (Å²) in [6.45, 7) is 4.14. The van der Waals surface area contributed by atoms with Gasteiger partial charge in [0.25, 0.3) is 0 Å². The summed E-state index contributed by atoms with van der Waals surface area (Å²) >= 11 is 0. The molecule has 2 fully saturated rings. The quantitative estimate of drug-likeness (QED) is 0.390. The maximum atomic E-state index is 12.7. The third kappa shape index (κ3) is 4.07. The monoisotopic (exact) mass is 683 g/mol. The van der Waals surface area contributed by atoms with Gasteiger partial charge >= 0.3 is 0 Å². The molecule has 6 rings (SSSR count). The van der Waals surface area contributed by atoms with Crippen LogP contribution in [0.3, 0.4) is 0 Å². The molecule has 3 aromatic rings. The second-order valence-corrected chi connectivity index (χ2v) is 8.99. The molecular formula is C24H25N6O3U-. The van der Waals surface area contributed by atoms with Crippen LogP contribution in [-0.4, -0.2) is 76.3 Å². The van der Waals surface area contributed by atoms with Gasteiger partial charge in [-0.15, -0.1) is 11.6 Å². The van der Waals surface area contributed by atoms with Crippen molar-refractivity contribution in [3.63, 3.8) is 0 Å². The summed E-state index contributed by atoms with van der Waals surface area (Å²) in [6.07, 6.45) is 4.51. The van der Waals surface area contributed by atoms with E-state index in [0.717, 1.165) is 55.1 Å². The van der Waals surface area contributed by atoms with Crippen LogP contribution in [0, 0.1) is 37.2 Å². The molecule has 1 aromatic carbocycles. The van der Waals surface area contributed by atoms with Crippen LogP contribution in [0.2, 0.25) is 0 Å². The van der Waals surface area contributed by atoms with Crippen LogP contribution < -0.4 is 15.0 Å². The van der Waals surface area contributed by atoms with Crippen LogP contribution in [0.1, 0.15) is 18.4 Å². The van der Waals surface area contributed by atoms with Gasteiger partial charge in [-0.05, 0) is 25.9 Å². The van der Waals surface area contributed by atoms with Crippen molar-refractivity contribution in [2.24, 2.45) is 0 Å². The Balaban J connectivity index is 0.00000241. The number of carbonyl (C=O) groups is 1. The maximum absolute atomic E-state index is 12.7. The van der Waals surface area contributed by atoms with Crippen LogP contribution in [-0.2, 0) is 10.2 Å². The number of aromatic nitrogens is 3. The van der Waals surface area contributed by atoms with Crippen LogP contribution in [0.4, 0.5) is 11.5 Å². The molecule has 0 unspecified atom stereocenters. The molecule has 9 nitrogen and oxygen atoms in total. The molecule has 0 atom stereocenters. The molecule has 1 amide bonds. The minimum absolute atomic E-state index is 0. The first-order valence-electron chi connectivity index (χ1n) is 11.3. The van der Waals surface area contributed by atoms with Crippen LogP contribution in [0.5, 0.6) is 5.75 Å². The SMILES string of the molecule is O=C1Nc2cc[c-]cc2C12CCN(CCOc1cnc3c(N4CC(O)C4)ncnc3c1)CC2.[U]. The number of β-amino-alcohol motifs (C(OH)–C–C–N with tert-alkyl or cyclic N) is 1. The first kappa shape index (κ1) is 23.5. The Morgan fingerprint density at radius 3 is 2.85 bits per heavy atom. The Bertz CT molecular complexity index is 1210. The molecule has 3 aliphatic rings. The number of hydrogen-bond acceptors (Lipinski definition) is 8. The predicted octanol–water partition coefficient (Wildman–Crippen LogP) is 1.37. The summed E-state index contributed by atoms with van der Waals surface area (Å²) < 4.78 is 5.97. The minimum atomic E-state index is -0.420. The molecule has 5 heterocycles. The van der Waals surface area contributed by atoms with Crippen molar-refractivity contribution in [2.45, 2.75) is 24.4 Å². The van der Waals surface area contributed by atoms with E-state index in [1.54, 1.807) is 6.20 Å². The number of fused-ring (bicyclic) bond motifs is 3. The number of aliphatic hydroxyl groups is 1. The molecule has 0 radical (unpaired) electrons. The van der Waals surface area contributed by atoms with Gasteiger partial charge in [0.05, 0.1) is 17.8 Å². The van der Waals surface area contributed by atoms with Crippen molar-refractivity contribution in [3.8, 4) is 5.75 Å². The molecule has 174 valence electrons. The second-order valence-electron chi connectivity index (χ2n) is 8.99. The summed E-state index contributed by atoms with van der Waals surface area (Å²) in [5.74, 6) is 1.53. The Morgan fingerprint density at radius 1 is 1.24 bits per heavy atom. The van der Waals surface area contributed by atoms with E-state index < -0.39 is 5.41 Å². The molecule has 1 spiro atoms.